The minimum absolute atomic E-state index is 0.00603. The second kappa shape index (κ2) is 3.81. The van der Waals surface area contributed by atoms with Crippen LogP contribution in [0.2, 0.25) is 0 Å². The van der Waals surface area contributed by atoms with Crippen LogP contribution in [0.4, 0.5) is 0 Å². The van der Waals surface area contributed by atoms with Crippen LogP contribution in [0, 0.1) is 0 Å². The maximum absolute atomic E-state index is 10.9. The van der Waals surface area contributed by atoms with Gasteiger partial charge in [-0.05, 0) is 25.3 Å². The van der Waals surface area contributed by atoms with E-state index in [1.165, 1.54) is 6.07 Å². The zero-order chi connectivity index (χ0) is 11.8. The fraction of sp³-hybridized carbons (Fsp3) is 0.364. The van der Waals surface area contributed by atoms with Gasteiger partial charge in [-0.2, -0.15) is 5.10 Å². The van der Waals surface area contributed by atoms with Gasteiger partial charge in [0.1, 0.15) is 5.69 Å². The molecule has 3 rings (SSSR count). The third kappa shape index (κ3) is 1.76. The van der Waals surface area contributed by atoms with Gasteiger partial charge in [0, 0.05) is 17.8 Å². The number of nitrogens with zero attached hydrogens (tertiary/aromatic N) is 2. The lowest BCUT2D eigenvalue weighted by atomic mass is 9.97. The summed E-state index contributed by atoms with van der Waals surface area (Å²) in [6.07, 6.45) is 3.02. The summed E-state index contributed by atoms with van der Waals surface area (Å²) in [7, 11) is 0. The number of nitrogens with two attached hydrogens (primary N) is 1. The van der Waals surface area contributed by atoms with Crippen LogP contribution in [-0.4, -0.2) is 20.2 Å². The lowest BCUT2D eigenvalue weighted by Gasteiger charge is -2.15. The maximum Gasteiger partial charge on any atom is 0.264 e. The molecule has 2 aromatic heterocycles. The summed E-state index contributed by atoms with van der Waals surface area (Å²) in [4.78, 5) is 18.6. The molecule has 0 amide bonds. The van der Waals surface area contributed by atoms with Crippen molar-refractivity contribution in [2.75, 3.05) is 0 Å². The molecule has 1 aliphatic carbocycles. The molecule has 0 bridgehead atoms. The van der Waals surface area contributed by atoms with Gasteiger partial charge in [-0.3, -0.25) is 4.79 Å². The first kappa shape index (κ1) is 10.2. The van der Waals surface area contributed by atoms with Gasteiger partial charge in [-0.15, -0.1) is 0 Å². The van der Waals surface area contributed by atoms with Crippen molar-refractivity contribution in [1.82, 2.24) is 20.2 Å². The molecule has 0 aliphatic heterocycles. The highest BCUT2D eigenvalue weighted by Gasteiger charge is 2.21. The molecule has 1 unspecified atom stereocenters. The quantitative estimate of drug-likeness (QED) is 0.665. The molecule has 2 aromatic rings. The number of fused-ring (bicyclic) bond motifs is 1. The molecule has 4 N–H and O–H groups in total. The summed E-state index contributed by atoms with van der Waals surface area (Å²) < 4.78 is 0. The SMILES string of the molecule is NC1CCCc2[nH]c(-c3ccc(=O)[nH]n3)nc21. The van der Waals surface area contributed by atoms with E-state index < -0.39 is 0 Å². The van der Waals surface area contributed by atoms with Crippen molar-refractivity contribution in [3.8, 4) is 11.5 Å². The Morgan fingerprint density at radius 3 is 3.00 bits per heavy atom. The molecule has 6 nitrogen and oxygen atoms in total. The van der Waals surface area contributed by atoms with E-state index in [2.05, 4.69) is 20.2 Å². The largest absolute Gasteiger partial charge is 0.340 e. The van der Waals surface area contributed by atoms with E-state index in [0.29, 0.717) is 11.5 Å². The second-order valence-electron chi connectivity index (χ2n) is 4.25. The fourth-order valence-electron chi connectivity index (χ4n) is 2.15. The van der Waals surface area contributed by atoms with Gasteiger partial charge in [-0.1, -0.05) is 0 Å². The zero-order valence-corrected chi connectivity index (χ0v) is 9.23. The molecule has 88 valence electrons. The van der Waals surface area contributed by atoms with Gasteiger partial charge in [0.25, 0.3) is 5.56 Å². The Kier molecular flexibility index (Phi) is 2.29. The maximum atomic E-state index is 10.9. The molecule has 1 aliphatic rings. The Morgan fingerprint density at radius 2 is 2.29 bits per heavy atom. The minimum atomic E-state index is -0.221. The van der Waals surface area contributed by atoms with Gasteiger partial charge in [-0.25, -0.2) is 10.1 Å². The fourth-order valence-corrected chi connectivity index (χ4v) is 2.15. The van der Waals surface area contributed by atoms with Crippen LogP contribution in [-0.2, 0) is 6.42 Å². The van der Waals surface area contributed by atoms with E-state index in [-0.39, 0.29) is 11.6 Å². The van der Waals surface area contributed by atoms with Crippen molar-refractivity contribution in [2.24, 2.45) is 5.73 Å². The van der Waals surface area contributed by atoms with Crippen LogP contribution in [0.1, 0.15) is 30.3 Å². The summed E-state index contributed by atoms with van der Waals surface area (Å²) in [5.41, 5.74) is 8.43. The summed E-state index contributed by atoms with van der Waals surface area (Å²) in [6, 6.07) is 3.09. The normalized spacial score (nSPS) is 19.0. The molecule has 17 heavy (non-hydrogen) atoms. The minimum Gasteiger partial charge on any atom is -0.340 e. The Labute approximate surface area is 97.3 Å². The van der Waals surface area contributed by atoms with Crippen molar-refractivity contribution in [3.05, 3.63) is 33.9 Å². The highest BCUT2D eigenvalue weighted by molar-refractivity contribution is 5.49. The predicted molar refractivity (Wildman–Crippen MR) is 62.3 cm³/mol. The molecule has 6 heteroatoms. The summed E-state index contributed by atoms with van der Waals surface area (Å²) >= 11 is 0. The second-order valence-corrected chi connectivity index (χ2v) is 4.25. The van der Waals surface area contributed by atoms with Crippen LogP contribution in [0.5, 0.6) is 0 Å². The van der Waals surface area contributed by atoms with Crippen LogP contribution in [0.25, 0.3) is 11.5 Å². The van der Waals surface area contributed by atoms with E-state index in [0.717, 1.165) is 30.7 Å². The average molecular weight is 231 g/mol. The smallest absolute Gasteiger partial charge is 0.264 e. The molecule has 1 atom stereocenters. The first-order valence-corrected chi connectivity index (χ1v) is 5.64. The Balaban J connectivity index is 2.04. The zero-order valence-electron chi connectivity index (χ0n) is 9.23. The van der Waals surface area contributed by atoms with Crippen LogP contribution < -0.4 is 11.3 Å². The molecule has 0 spiro atoms. The molecule has 0 aromatic carbocycles. The van der Waals surface area contributed by atoms with Gasteiger partial charge in [0.2, 0.25) is 0 Å². The average Bonchev–Trinajstić information content (AvgIpc) is 2.75. The molecule has 0 saturated carbocycles. The monoisotopic (exact) mass is 231 g/mol. The van der Waals surface area contributed by atoms with E-state index >= 15 is 0 Å². The molecule has 0 saturated heterocycles. The van der Waals surface area contributed by atoms with E-state index in [9.17, 15) is 4.79 Å². The van der Waals surface area contributed by atoms with Crippen molar-refractivity contribution in [3.63, 3.8) is 0 Å². The number of aromatic amines is 2. The molecular formula is C11H13N5O. The Morgan fingerprint density at radius 1 is 1.41 bits per heavy atom. The number of imidazole rings is 1. The van der Waals surface area contributed by atoms with Gasteiger partial charge >= 0.3 is 0 Å². The third-order valence-corrected chi connectivity index (χ3v) is 3.03. The van der Waals surface area contributed by atoms with Crippen LogP contribution in [0.15, 0.2) is 16.9 Å². The summed E-state index contributed by atoms with van der Waals surface area (Å²) in [5, 5.41) is 6.34. The number of H-pyrrole nitrogens is 2. The number of aromatic nitrogens is 4. The first-order valence-electron chi connectivity index (χ1n) is 5.64. The molecular weight excluding hydrogens is 218 g/mol. The van der Waals surface area contributed by atoms with Crippen molar-refractivity contribution >= 4 is 0 Å². The highest BCUT2D eigenvalue weighted by Crippen LogP contribution is 2.27. The number of nitrogens with one attached hydrogen (secondary N) is 2. The number of hydrogen-bond acceptors (Lipinski definition) is 4. The van der Waals surface area contributed by atoms with Gasteiger partial charge in [0.05, 0.1) is 5.69 Å². The number of hydrogen-bond donors (Lipinski definition) is 3. The van der Waals surface area contributed by atoms with E-state index in [1.807, 2.05) is 0 Å². The van der Waals surface area contributed by atoms with E-state index in [1.54, 1.807) is 6.07 Å². The predicted octanol–water partition coefficient (Wildman–Crippen LogP) is 0.496. The number of aryl methyl sites for hydroxylation is 1. The molecule has 0 radical (unpaired) electrons. The first-order chi connectivity index (χ1) is 8.24. The molecule has 0 fully saturated rings. The van der Waals surface area contributed by atoms with Crippen LogP contribution in [0.3, 0.4) is 0 Å². The Hall–Kier alpha value is -1.95. The van der Waals surface area contributed by atoms with Gasteiger partial charge in [0.15, 0.2) is 5.82 Å². The number of rotatable bonds is 1. The summed E-state index contributed by atoms with van der Waals surface area (Å²) in [6.45, 7) is 0. The van der Waals surface area contributed by atoms with Gasteiger partial charge < -0.3 is 10.7 Å². The van der Waals surface area contributed by atoms with E-state index in [4.69, 9.17) is 5.73 Å². The van der Waals surface area contributed by atoms with Crippen molar-refractivity contribution < 1.29 is 0 Å². The van der Waals surface area contributed by atoms with Crippen LogP contribution >= 0.6 is 0 Å². The Bertz CT molecular complexity index is 580. The standard InChI is InChI=1S/C11H13N5O/c12-6-2-1-3-7-10(6)14-11(13-7)8-4-5-9(17)16-15-8/h4-6H,1-3,12H2,(H,13,14)(H,16,17). The third-order valence-electron chi connectivity index (χ3n) is 3.03. The lowest BCUT2D eigenvalue weighted by Crippen LogP contribution is -2.17. The van der Waals surface area contributed by atoms with Crippen molar-refractivity contribution in [1.29, 1.82) is 0 Å². The highest BCUT2D eigenvalue weighted by atomic mass is 16.1. The lowest BCUT2D eigenvalue weighted by molar-refractivity contribution is 0.555. The topological polar surface area (TPSA) is 100 Å². The molecule has 2 heterocycles. The van der Waals surface area contributed by atoms with Crippen molar-refractivity contribution in [2.45, 2.75) is 25.3 Å². The summed E-state index contributed by atoms with van der Waals surface area (Å²) in [5.74, 6) is 0.670.